The number of nitrogens with one attached hydrogen (secondary N) is 1. The van der Waals surface area contributed by atoms with Gasteiger partial charge >= 0.3 is 6.18 Å². The van der Waals surface area contributed by atoms with Crippen LogP contribution in [0.2, 0.25) is 10.0 Å². The zero-order valence-electron chi connectivity index (χ0n) is 15.0. The molecule has 0 saturated carbocycles. The van der Waals surface area contributed by atoms with Crippen LogP contribution in [0.15, 0.2) is 42.5 Å². The summed E-state index contributed by atoms with van der Waals surface area (Å²) in [5.41, 5.74) is 1.74. The Labute approximate surface area is 174 Å². The van der Waals surface area contributed by atoms with E-state index in [1.54, 1.807) is 25.1 Å². The largest absolute Gasteiger partial charge is 0.416 e. The highest BCUT2D eigenvalue weighted by Crippen LogP contribution is 2.41. The van der Waals surface area contributed by atoms with Crippen LogP contribution in [-0.4, -0.2) is 15.7 Å². The van der Waals surface area contributed by atoms with Crippen LogP contribution in [0, 0.1) is 6.92 Å². The van der Waals surface area contributed by atoms with Gasteiger partial charge in [-0.1, -0.05) is 41.4 Å². The summed E-state index contributed by atoms with van der Waals surface area (Å²) in [6, 6.07) is 9.31. The zero-order valence-corrected chi connectivity index (χ0v) is 16.5. The maximum atomic E-state index is 12.8. The Morgan fingerprint density at radius 2 is 1.83 bits per heavy atom. The van der Waals surface area contributed by atoms with Gasteiger partial charge in [0.15, 0.2) is 0 Å². The number of hydrogen-bond donors (Lipinski definition) is 1. The molecule has 0 bridgehead atoms. The predicted octanol–water partition coefficient (Wildman–Crippen LogP) is 6.38. The molecule has 3 aromatic rings. The summed E-state index contributed by atoms with van der Waals surface area (Å²) in [6.07, 6.45) is -4.35. The van der Waals surface area contributed by atoms with Crippen LogP contribution in [0.25, 0.3) is 11.1 Å². The Balaban J connectivity index is 1.74. The van der Waals surface area contributed by atoms with Crippen molar-refractivity contribution in [1.29, 1.82) is 0 Å². The van der Waals surface area contributed by atoms with Crippen LogP contribution < -0.4 is 5.32 Å². The molecule has 1 N–H and O–H groups in total. The monoisotopic (exact) mass is 439 g/mol. The van der Waals surface area contributed by atoms with Crippen molar-refractivity contribution in [2.75, 3.05) is 5.32 Å². The first kappa shape index (κ1) is 19.8. The number of carbonyl (C=O) groups is 1. The second-order valence-corrected chi connectivity index (χ2v) is 7.60. The van der Waals surface area contributed by atoms with E-state index in [0.29, 0.717) is 38.2 Å². The molecular weight excluding hydrogens is 426 g/mol. The van der Waals surface area contributed by atoms with E-state index < -0.39 is 17.8 Å². The zero-order chi connectivity index (χ0) is 20.9. The van der Waals surface area contributed by atoms with Crippen molar-refractivity contribution >= 4 is 34.9 Å². The van der Waals surface area contributed by atoms with Gasteiger partial charge in [-0.3, -0.25) is 4.79 Å². The molecule has 4 nitrogen and oxygen atoms in total. The third-order valence-electron chi connectivity index (χ3n) is 4.83. The number of anilines is 1. The first-order valence-electron chi connectivity index (χ1n) is 8.67. The van der Waals surface area contributed by atoms with E-state index in [-0.39, 0.29) is 12.3 Å². The number of benzene rings is 2. The number of halogens is 5. The molecule has 0 spiro atoms. The van der Waals surface area contributed by atoms with Gasteiger partial charge in [0.2, 0.25) is 0 Å². The lowest BCUT2D eigenvalue weighted by Crippen LogP contribution is -2.28. The standard InChI is InChI=1S/C20H14Cl2F3N3O/c1-10-18(14-7-6-13(21)8-15(14)22)19-26-16(9-17(29)28(19)27-10)11-2-4-12(5-3-11)20(23,24)25/h2-8,16,26H,9H2,1H3. The minimum absolute atomic E-state index is 0.0628. The lowest BCUT2D eigenvalue weighted by atomic mass is 9.98. The van der Waals surface area contributed by atoms with Gasteiger partial charge in [0.05, 0.1) is 28.7 Å². The Hall–Kier alpha value is -2.51. The minimum atomic E-state index is -4.41. The van der Waals surface area contributed by atoms with Crippen LogP contribution in [-0.2, 0) is 6.18 Å². The fourth-order valence-corrected chi connectivity index (χ4v) is 3.94. The second kappa shape index (κ2) is 7.07. The van der Waals surface area contributed by atoms with Crippen LogP contribution in [0.3, 0.4) is 0 Å². The van der Waals surface area contributed by atoms with Gasteiger partial charge in [-0.05, 0) is 36.8 Å². The average molecular weight is 440 g/mol. The van der Waals surface area contributed by atoms with Gasteiger partial charge < -0.3 is 5.32 Å². The molecule has 0 amide bonds. The van der Waals surface area contributed by atoms with Gasteiger partial charge in [-0.2, -0.15) is 23.0 Å². The second-order valence-electron chi connectivity index (χ2n) is 6.76. The Kier molecular flexibility index (Phi) is 4.83. The van der Waals surface area contributed by atoms with Gasteiger partial charge in [0.1, 0.15) is 5.82 Å². The van der Waals surface area contributed by atoms with Crippen molar-refractivity contribution < 1.29 is 18.0 Å². The molecule has 29 heavy (non-hydrogen) atoms. The molecule has 0 fully saturated rings. The molecule has 4 rings (SSSR count). The lowest BCUT2D eigenvalue weighted by molar-refractivity contribution is -0.137. The van der Waals surface area contributed by atoms with E-state index in [9.17, 15) is 18.0 Å². The fourth-order valence-electron chi connectivity index (χ4n) is 3.44. The summed E-state index contributed by atoms with van der Waals surface area (Å²) in [4.78, 5) is 12.7. The number of aryl methyl sites for hydroxylation is 1. The molecule has 150 valence electrons. The van der Waals surface area contributed by atoms with E-state index in [2.05, 4.69) is 10.4 Å². The van der Waals surface area contributed by atoms with Gasteiger partial charge in [-0.15, -0.1) is 0 Å². The molecule has 2 heterocycles. The highest BCUT2D eigenvalue weighted by Gasteiger charge is 2.33. The molecule has 1 aliphatic heterocycles. The van der Waals surface area contributed by atoms with E-state index in [1.807, 2.05) is 0 Å². The third-order valence-corrected chi connectivity index (χ3v) is 5.37. The van der Waals surface area contributed by atoms with E-state index in [4.69, 9.17) is 23.2 Å². The Morgan fingerprint density at radius 1 is 1.14 bits per heavy atom. The minimum Gasteiger partial charge on any atom is -0.362 e. The van der Waals surface area contributed by atoms with Crippen molar-refractivity contribution in [3.05, 3.63) is 69.3 Å². The molecule has 1 aromatic heterocycles. The van der Waals surface area contributed by atoms with E-state index in [0.717, 1.165) is 12.1 Å². The number of hydrogen-bond acceptors (Lipinski definition) is 3. The highest BCUT2D eigenvalue weighted by molar-refractivity contribution is 6.36. The summed E-state index contributed by atoms with van der Waals surface area (Å²) < 4.78 is 39.8. The van der Waals surface area contributed by atoms with Crippen LogP contribution >= 0.6 is 23.2 Å². The molecule has 1 unspecified atom stereocenters. The molecule has 0 saturated heterocycles. The predicted molar refractivity (Wildman–Crippen MR) is 105 cm³/mol. The maximum absolute atomic E-state index is 12.8. The van der Waals surface area contributed by atoms with E-state index in [1.165, 1.54) is 16.8 Å². The number of alkyl halides is 3. The molecule has 0 radical (unpaired) electrons. The van der Waals surface area contributed by atoms with Crippen molar-refractivity contribution in [1.82, 2.24) is 9.78 Å². The quantitative estimate of drug-likeness (QED) is 0.503. The summed E-state index contributed by atoms with van der Waals surface area (Å²) in [5, 5.41) is 8.43. The van der Waals surface area contributed by atoms with Gasteiger partial charge in [-0.25, -0.2) is 0 Å². The van der Waals surface area contributed by atoms with E-state index >= 15 is 0 Å². The van der Waals surface area contributed by atoms with Crippen molar-refractivity contribution in [3.8, 4) is 11.1 Å². The summed E-state index contributed by atoms with van der Waals surface area (Å²) in [7, 11) is 0. The molecule has 0 aliphatic carbocycles. The topological polar surface area (TPSA) is 46.9 Å². The fraction of sp³-hybridized carbons (Fsp3) is 0.200. The molecule has 9 heteroatoms. The molecule has 2 aromatic carbocycles. The number of fused-ring (bicyclic) bond motifs is 1. The first-order valence-corrected chi connectivity index (χ1v) is 9.42. The Morgan fingerprint density at radius 3 is 2.45 bits per heavy atom. The average Bonchev–Trinajstić information content (AvgIpc) is 2.98. The van der Waals surface area contributed by atoms with Crippen molar-refractivity contribution in [2.45, 2.75) is 25.6 Å². The van der Waals surface area contributed by atoms with Gasteiger partial charge in [0.25, 0.3) is 5.91 Å². The number of rotatable bonds is 2. The number of aromatic nitrogens is 2. The lowest BCUT2D eigenvalue weighted by Gasteiger charge is -2.26. The normalized spacial score (nSPS) is 16.5. The van der Waals surface area contributed by atoms with Crippen molar-refractivity contribution in [2.24, 2.45) is 0 Å². The molecule has 1 atom stereocenters. The Bertz CT molecular complexity index is 1110. The smallest absolute Gasteiger partial charge is 0.362 e. The third kappa shape index (κ3) is 3.60. The molecule has 1 aliphatic rings. The van der Waals surface area contributed by atoms with Crippen LogP contribution in [0.1, 0.15) is 34.1 Å². The summed E-state index contributed by atoms with van der Waals surface area (Å²) >= 11 is 12.3. The van der Waals surface area contributed by atoms with Crippen molar-refractivity contribution in [3.63, 3.8) is 0 Å². The molecular formula is C20H14Cl2F3N3O. The summed E-state index contributed by atoms with van der Waals surface area (Å²) in [5.74, 6) is 0.191. The summed E-state index contributed by atoms with van der Waals surface area (Å²) in [6.45, 7) is 1.76. The van der Waals surface area contributed by atoms with Crippen LogP contribution in [0.4, 0.5) is 19.0 Å². The number of carbonyl (C=O) groups excluding carboxylic acids is 1. The maximum Gasteiger partial charge on any atom is 0.416 e. The highest BCUT2D eigenvalue weighted by atomic mass is 35.5. The van der Waals surface area contributed by atoms with Gasteiger partial charge in [0, 0.05) is 16.1 Å². The van der Waals surface area contributed by atoms with Crippen LogP contribution in [0.5, 0.6) is 0 Å². The number of nitrogens with zero attached hydrogens (tertiary/aromatic N) is 2. The first-order chi connectivity index (χ1) is 13.6. The SMILES string of the molecule is Cc1nn2c(c1-c1ccc(Cl)cc1Cl)NC(c1ccc(C(F)(F)F)cc1)CC2=O.